The largest absolute Gasteiger partial charge is 0.376 e. The van der Waals surface area contributed by atoms with Crippen molar-refractivity contribution >= 4 is 0 Å². The molecular formula is C19H22NO+. The molecule has 3 aliphatic rings. The fraction of sp³-hybridized carbons (Fsp3) is 0.421. The summed E-state index contributed by atoms with van der Waals surface area (Å²) in [6.07, 6.45) is 2.47. The number of ether oxygens (including phenoxy) is 1. The lowest BCUT2D eigenvalue weighted by molar-refractivity contribution is -0.747. The molecule has 3 heterocycles. The van der Waals surface area contributed by atoms with Crippen LogP contribution in [0, 0.1) is 5.41 Å². The molecule has 2 nitrogen and oxygen atoms in total. The molecular weight excluding hydrogens is 258 g/mol. The van der Waals surface area contributed by atoms with Crippen molar-refractivity contribution in [2.75, 3.05) is 6.61 Å². The van der Waals surface area contributed by atoms with Gasteiger partial charge in [0.15, 0.2) is 17.9 Å². The highest BCUT2D eigenvalue weighted by Gasteiger charge is 2.60. The van der Waals surface area contributed by atoms with Gasteiger partial charge in [-0.3, -0.25) is 0 Å². The first-order valence-corrected chi connectivity index (χ1v) is 7.86. The molecule has 0 unspecified atom stereocenters. The van der Waals surface area contributed by atoms with Gasteiger partial charge in [0.25, 0.3) is 0 Å². The molecule has 3 atom stereocenters. The first-order valence-electron chi connectivity index (χ1n) is 7.86. The van der Waals surface area contributed by atoms with E-state index in [1.807, 2.05) is 0 Å². The maximum absolute atomic E-state index is 6.23. The lowest BCUT2D eigenvalue weighted by atomic mass is 9.59. The third kappa shape index (κ3) is 1.60. The zero-order chi connectivity index (χ0) is 14.6. The van der Waals surface area contributed by atoms with E-state index >= 15 is 0 Å². The second-order valence-corrected chi connectivity index (χ2v) is 6.74. The normalized spacial score (nSPS) is 28.0. The summed E-state index contributed by atoms with van der Waals surface area (Å²) in [4.78, 5) is 0. The van der Waals surface area contributed by atoms with Gasteiger partial charge in [0.05, 0.1) is 17.4 Å². The molecule has 108 valence electrons. The third-order valence-corrected chi connectivity index (χ3v) is 5.23. The zero-order valence-electron chi connectivity index (χ0n) is 12.9. The van der Waals surface area contributed by atoms with Gasteiger partial charge in [-0.25, -0.2) is 0 Å². The van der Waals surface area contributed by atoms with E-state index in [4.69, 9.17) is 4.74 Å². The Balaban J connectivity index is 2.02. The number of hydrogen-bond donors (Lipinski definition) is 0. The highest BCUT2D eigenvalue weighted by Crippen LogP contribution is 2.55. The smallest absolute Gasteiger partial charge is 0.192 e. The Labute approximate surface area is 126 Å². The Kier molecular flexibility index (Phi) is 2.74. The number of fused-ring (bicyclic) bond motifs is 1. The van der Waals surface area contributed by atoms with Crippen LogP contribution in [0.25, 0.3) is 0 Å². The lowest BCUT2D eigenvalue weighted by Gasteiger charge is -2.50. The molecule has 0 spiro atoms. The molecule has 0 saturated carbocycles. The van der Waals surface area contributed by atoms with Gasteiger partial charge >= 0.3 is 0 Å². The molecule has 1 aromatic carbocycles. The molecule has 1 aromatic heterocycles. The van der Waals surface area contributed by atoms with E-state index in [0.717, 1.165) is 6.61 Å². The fourth-order valence-corrected chi connectivity index (χ4v) is 4.47. The fourth-order valence-electron chi connectivity index (χ4n) is 4.47. The van der Waals surface area contributed by atoms with Crippen molar-refractivity contribution in [3.8, 4) is 0 Å². The predicted molar refractivity (Wildman–Crippen MR) is 82.3 cm³/mol. The van der Waals surface area contributed by atoms with Gasteiger partial charge in [0.2, 0.25) is 0 Å². The third-order valence-electron chi connectivity index (χ3n) is 5.23. The Morgan fingerprint density at radius 2 is 1.76 bits per heavy atom. The summed E-state index contributed by atoms with van der Waals surface area (Å²) in [6, 6.07) is 15.8. The molecule has 2 heteroatoms. The minimum absolute atomic E-state index is 0.0913. The number of benzene rings is 1. The Bertz CT molecular complexity index is 644. The SMILES string of the molecule is CCO[C@H]1[C@H]2c3ccccc3[C@H]([n+]3ccccc32)C1(C)C. The monoisotopic (exact) mass is 280 g/mol. The van der Waals surface area contributed by atoms with Crippen LogP contribution in [0.15, 0.2) is 48.7 Å². The molecule has 21 heavy (non-hydrogen) atoms. The molecule has 2 bridgehead atoms. The van der Waals surface area contributed by atoms with Crippen molar-refractivity contribution in [2.24, 2.45) is 5.41 Å². The quantitative estimate of drug-likeness (QED) is 0.768. The number of pyridine rings is 1. The molecule has 0 fully saturated rings. The van der Waals surface area contributed by atoms with Gasteiger partial charge in [-0.05, 0) is 12.5 Å². The Morgan fingerprint density at radius 3 is 2.52 bits per heavy atom. The second-order valence-electron chi connectivity index (χ2n) is 6.74. The molecule has 0 radical (unpaired) electrons. The van der Waals surface area contributed by atoms with E-state index in [0.29, 0.717) is 12.0 Å². The summed E-state index contributed by atoms with van der Waals surface area (Å²) in [5, 5.41) is 0. The minimum Gasteiger partial charge on any atom is -0.376 e. The highest BCUT2D eigenvalue weighted by atomic mass is 16.5. The van der Waals surface area contributed by atoms with Crippen LogP contribution >= 0.6 is 0 Å². The van der Waals surface area contributed by atoms with E-state index in [9.17, 15) is 0 Å². The van der Waals surface area contributed by atoms with E-state index < -0.39 is 0 Å². The number of nitrogens with zero attached hydrogens (tertiary/aromatic N) is 1. The predicted octanol–water partition coefficient (Wildman–Crippen LogP) is 3.45. The van der Waals surface area contributed by atoms with Crippen LogP contribution in [0.3, 0.4) is 0 Å². The van der Waals surface area contributed by atoms with Crippen molar-refractivity contribution in [2.45, 2.75) is 38.8 Å². The summed E-state index contributed by atoms with van der Waals surface area (Å²) < 4.78 is 8.69. The van der Waals surface area contributed by atoms with E-state index in [1.165, 1.54) is 16.8 Å². The van der Waals surface area contributed by atoms with Crippen LogP contribution in [-0.4, -0.2) is 12.7 Å². The molecule has 1 aliphatic carbocycles. The molecule has 0 saturated heterocycles. The van der Waals surface area contributed by atoms with Crippen molar-refractivity contribution in [1.82, 2.24) is 0 Å². The Hall–Kier alpha value is -1.67. The van der Waals surface area contributed by atoms with E-state index in [-0.39, 0.29) is 11.5 Å². The molecule has 0 amide bonds. The van der Waals surface area contributed by atoms with Gasteiger partial charge in [0.1, 0.15) is 0 Å². The van der Waals surface area contributed by atoms with Crippen LogP contribution in [0.1, 0.15) is 49.6 Å². The van der Waals surface area contributed by atoms with Crippen LogP contribution < -0.4 is 4.57 Å². The van der Waals surface area contributed by atoms with E-state index in [2.05, 4.69) is 74.0 Å². The van der Waals surface area contributed by atoms with Crippen LogP contribution in [0.2, 0.25) is 0 Å². The van der Waals surface area contributed by atoms with E-state index in [1.54, 1.807) is 0 Å². The molecule has 0 N–H and O–H groups in total. The first-order chi connectivity index (χ1) is 10.2. The number of rotatable bonds is 2. The van der Waals surface area contributed by atoms with Gasteiger partial charge in [-0.1, -0.05) is 44.2 Å². The maximum atomic E-state index is 6.23. The number of hydrogen-bond acceptors (Lipinski definition) is 1. The van der Waals surface area contributed by atoms with Crippen molar-refractivity contribution in [3.63, 3.8) is 0 Å². The van der Waals surface area contributed by atoms with Crippen molar-refractivity contribution in [1.29, 1.82) is 0 Å². The van der Waals surface area contributed by atoms with Gasteiger partial charge in [-0.2, -0.15) is 4.57 Å². The summed E-state index contributed by atoms with van der Waals surface area (Å²) >= 11 is 0. The summed E-state index contributed by atoms with van der Waals surface area (Å²) in [5.41, 5.74) is 4.39. The highest BCUT2D eigenvalue weighted by molar-refractivity contribution is 5.44. The van der Waals surface area contributed by atoms with Crippen LogP contribution in [-0.2, 0) is 4.74 Å². The second kappa shape index (κ2) is 4.41. The molecule has 2 aliphatic heterocycles. The summed E-state index contributed by atoms with van der Waals surface area (Å²) in [6.45, 7) is 7.57. The first kappa shape index (κ1) is 13.0. The summed E-state index contributed by atoms with van der Waals surface area (Å²) in [5.74, 6) is 0.336. The topological polar surface area (TPSA) is 13.1 Å². The van der Waals surface area contributed by atoms with Crippen LogP contribution in [0.4, 0.5) is 0 Å². The van der Waals surface area contributed by atoms with Crippen LogP contribution in [0.5, 0.6) is 0 Å². The van der Waals surface area contributed by atoms with Crippen molar-refractivity contribution in [3.05, 3.63) is 65.5 Å². The standard InChI is InChI=1S/C19H22NO/c1-4-21-18-16-13-9-5-6-10-14(13)17(19(18,2)3)20-12-8-7-11-15(16)20/h5-12,16-18H,4H2,1-3H3/q+1/t16-,17-,18-/m0/s1. The van der Waals surface area contributed by atoms with Gasteiger partial charge < -0.3 is 4.74 Å². The molecule has 5 rings (SSSR count). The summed E-state index contributed by atoms with van der Waals surface area (Å²) in [7, 11) is 0. The van der Waals surface area contributed by atoms with Crippen molar-refractivity contribution < 1.29 is 9.30 Å². The maximum Gasteiger partial charge on any atom is 0.192 e. The minimum atomic E-state index is 0.0913. The zero-order valence-corrected chi connectivity index (χ0v) is 12.9. The molecule has 2 aromatic rings. The number of aromatic nitrogens is 1. The average molecular weight is 280 g/mol. The lowest BCUT2D eigenvalue weighted by Crippen LogP contribution is -2.65. The average Bonchev–Trinajstić information content (AvgIpc) is 2.49. The van der Waals surface area contributed by atoms with Gasteiger partial charge in [0, 0.05) is 24.3 Å². The Morgan fingerprint density at radius 1 is 1.05 bits per heavy atom. The van der Waals surface area contributed by atoms with Gasteiger partial charge in [-0.15, -0.1) is 0 Å².